The number of methoxy groups -OCH3 is 1. The van der Waals surface area contributed by atoms with Crippen LogP contribution in [-0.2, 0) is 20.9 Å². The van der Waals surface area contributed by atoms with Gasteiger partial charge in [-0.1, -0.05) is 42.1 Å². The SMILES string of the molecule is CCOC(=O)C1=C(C)N=C2SC=C(CC(=O)NCc3ccccc3F)N2[C@H]1c1cccc(OC)c1. The number of amides is 1. The van der Waals surface area contributed by atoms with Crippen LogP contribution in [0.1, 0.15) is 37.4 Å². The van der Waals surface area contributed by atoms with Crippen LogP contribution >= 0.6 is 11.8 Å². The first kappa shape index (κ1) is 24.5. The molecule has 9 heteroatoms. The molecule has 2 aliphatic heterocycles. The van der Waals surface area contributed by atoms with Gasteiger partial charge < -0.3 is 19.7 Å². The summed E-state index contributed by atoms with van der Waals surface area (Å²) in [7, 11) is 1.58. The van der Waals surface area contributed by atoms with E-state index in [1.54, 1.807) is 39.2 Å². The minimum atomic E-state index is -0.544. The summed E-state index contributed by atoms with van der Waals surface area (Å²) in [6.07, 6.45) is 0.0378. The zero-order valence-electron chi connectivity index (χ0n) is 19.7. The molecule has 0 aliphatic carbocycles. The van der Waals surface area contributed by atoms with E-state index in [0.717, 1.165) is 5.56 Å². The highest BCUT2D eigenvalue weighted by Crippen LogP contribution is 2.45. The molecular formula is C26H26FN3O4S. The Labute approximate surface area is 207 Å². The van der Waals surface area contributed by atoms with Crippen molar-refractivity contribution in [1.82, 2.24) is 10.2 Å². The number of thioether (sulfide) groups is 1. The van der Waals surface area contributed by atoms with Gasteiger partial charge in [-0.3, -0.25) is 4.79 Å². The number of benzene rings is 2. The van der Waals surface area contributed by atoms with Crippen LogP contribution in [-0.4, -0.2) is 35.7 Å². The van der Waals surface area contributed by atoms with Crippen molar-refractivity contribution >= 4 is 28.8 Å². The van der Waals surface area contributed by atoms with E-state index >= 15 is 0 Å². The van der Waals surface area contributed by atoms with Gasteiger partial charge in [-0.25, -0.2) is 14.2 Å². The number of aliphatic imine (C=N–C) groups is 1. The lowest BCUT2D eigenvalue weighted by Crippen LogP contribution is -2.38. The van der Waals surface area contributed by atoms with E-state index in [0.29, 0.717) is 33.4 Å². The van der Waals surface area contributed by atoms with Gasteiger partial charge in [0, 0.05) is 17.8 Å². The lowest BCUT2D eigenvalue weighted by molar-refractivity contribution is -0.139. The molecule has 7 nitrogen and oxygen atoms in total. The summed E-state index contributed by atoms with van der Waals surface area (Å²) < 4.78 is 24.7. The van der Waals surface area contributed by atoms with Gasteiger partial charge in [0.05, 0.1) is 37.4 Å². The number of rotatable bonds is 8. The molecule has 0 fully saturated rings. The van der Waals surface area contributed by atoms with Crippen molar-refractivity contribution in [3.8, 4) is 5.75 Å². The van der Waals surface area contributed by atoms with Crippen LogP contribution < -0.4 is 10.1 Å². The Balaban J connectivity index is 1.62. The first-order chi connectivity index (χ1) is 16.9. The maximum absolute atomic E-state index is 13.9. The van der Waals surface area contributed by atoms with Gasteiger partial charge >= 0.3 is 5.97 Å². The minimum absolute atomic E-state index is 0.0378. The monoisotopic (exact) mass is 495 g/mol. The number of esters is 1. The summed E-state index contributed by atoms with van der Waals surface area (Å²) in [5.74, 6) is -0.449. The van der Waals surface area contributed by atoms with Crippen molar-refractivity contribution in [2.75, 3.05) is 13.7 Å². The summed E-state index contributed by atoms with van der Waals surface area (Å²) in [5.41, 5.74) is 2.87. The molecular weight excluding hydrogens is 469 g/mol. The number of carbonyl (C=O) groups excluding carboxylic acids is 2. The van der Waals surface area contributed by atoms with Gasteiger partial charge in [0.1, 0.15) is 11.6 Å². The number of amidine groups is 1. The Morgan fingerprint density at radius 3 is 2.74 bits per heavy atom. The first-order valence-electron chi connectivity index (χ1n) is 11.2. The van der Waals surface area contributed by atoms with Gasteiger partial charge in [-0.05, 0) is 43.0 Å². The molecule has 0 spiro atoms. The van der Waals surface area contributed by atoms with E-state index in [1.807, 2.05) is 34.6 Å². The van der Waals surface area contributed by atoms with Crippen molar-refractivity contribution in [3.63, 3.8) is 0 Å². The smallest absolute Gasteiger partial charge is 0.338 e. The third-order valence-electron chi connectivity index (χ3n) is 5.68. The van der Waals surface area contributed by atoms with E-state index in [4.69, 9.17) is 9.47 Å². The molecule has 182 valence electrons. The highest BCUT2D eigenvalue weighted by molar-refractivity contribution is 8.16. The quantitative estimate of drug-likeness (QED) is 0.536. The predicted molar refractivity (Wildman–Crippen MR) is 133 cm³/mol. The zero-order chi connectivity index (χ0) is 24.9. The molecule has 0 saturated carbocycles. The standard InChI is InChI=1S/C26H26FN3O4S/c1-4-34-25(32)23-16(2)29-26-30(24(23)17-9-7-10-20(12-17)33-3)19(15-35-26)13-22(31)28-14-18-8-5-6-11-21(18)27/h5-12,15,24H,4,13-14H2,1-3H3,(H,28,31)/t24-/m0/s1. The van der Waals surface area contributed by atoms with Crippen LogP contribution in [0.25, 0.3) is 0 Å². The molecule has 1 N–H and O–H groups in total. The van der Waals surface area contributed by atoms with Crippen LogP contribution in [0.4, 0.5) is 4.39 Å². The highest BCUT2D eigenvalue weighted by Gasteiger charge is 2.41. The van der Waals surface area contributed by atoms with Crippen LogP contribution in [0.15, 0.2) is 75.9 Å². The normalized spacial score (nSPS) is 16.9. The fourth-order valence-corrected chi connectivity index (χ4v) is 4.99. The topological polar surface area (TPSA) is 80.2 Å². The molecule has 2 aromatic carbocycles. The Hall–Kier alpha value is -3.59. The summed E-state index contributed by atoms with van der Waals surface area (Å²) in [6.45, 7) is 3.85. The molecule has 0 aromatic heterocycles. The summed E-state index contributed by atoms with van der Waals surface area (Å²) >= 11 is 1.39. The number of ether oxygens (including phenoxy) is 2. The third kappa shape index (κ3) is 5.24. The molecule has 2 aromatic rings. The van der Waals surface area contributed by atoms with Gasteiger partial charge in [-0.15, -0.1) is 0 Å². The highest BCUT2D eigenvalue weighted by atomic mass is 32.2. The van der Waals surface area contributed by atoms with Crippen LogP contribution in [0.2, 0.25) is 0 Å². The van der Waals surface area contributed by atoms with E-state index in [1.165, 1.54) is 17.8 Å². The second kappa shape index (κ2) is 10.8. The Bertz CT molecular complexity index is 1240. The Morgan fingerprint density at radius 1 is 1.20 bits per heavy atom. The fourth-order valence-electron chi connectivity index (χ4n) is 4.03. The van der Waals surface area contributed by atoms with E-state index in [9.17, 15) is 14.0 Å². The minimum Gasteiger partial charge on any atom is -0.497 e. The number of carbonyl (C=O) groups is 2. The van der Waals surface area contributed by atoms with E-state index in [-0.39, 0.29) is 31.3 Å². The van der Waals surface area contributed by atoms with Crippen LogP contribution in [0.3, 0.4) is 0 Å². The molecule has 4 rings (SSSR count). The molecule has 0 saturated heterocycles. The van der Waals surface area contributed by atoms with Crippen molar-refractivity contribution in [2.24, 2.45) is 4.99 Å². The maximum atomic E-state index is 13.9. The Kier molecular flexibility index (Phi) is 7.55. The molecule has 1 atom stereocenters. The molecule has 2 heterocycles. The van der Waals surface area contributed by atoms with E-state index in [2.05, 4.69) is 10.3 Å². The third-order valence-corrected chi connectivity index (χ3v) is 6.57. The van der Waals surface area contributed by atoms with Gasteiger partial charge in [0.2, 0.25) is 5.91 Å². The van der Waals surface area contributed by atoms with Crippen LogP contribution in [0.5, 0.6) is 5.75 Å². The number of nitrogens with one attached hydrogen (secondary N) is 1. The molecule has 2 aliphatic rings. The second-order valence-electron chi connectivity index (χ2n) is 7.94. The van der Waals surface area contributed by atoms with Crippen LogP contribution in [0, 0.1) is 5.82 Å². The largest absolute Gasteiger partial charge is 0.497 e. The van der Waals surface area contributed by atoms with Gasteiger partial charge in [-0.2, -0.15) is 0 Å². The fraction of sp³-hybridized carbons (Fsp3) is 0.269. The summed E-state index contributed by atoms with van der Waals surface area (Å²) in [5, 5.41) is 5.30. The van der Waals surface area contributed by atoms with Gasteiger partial charge in [0.25, 0.3) is 0 Å². The molecule has 0 radical (unpaired) electrons. The number of hydrogen-bond donors (Lipinski definition) is 1. The number of fused-ring (bicyclic) bond motifs is 1. The number of nitrogens with zero attached hydrogens (tertiary/aromatic N) is 2. The lowest BCUT2D eigenvalue weighted by atomic mass is 9.93. The number of hydrogen-bond acceptors (Lipinski definition) is 7. The average Bonchev–Trinajstić information content (AvgIpc) is 3.24. The van der Waals surface area contributed by atoms with Crippen molar-refractivity contribution < 1.29 is 23.5 Å². The number of halogens is 1. The zero-order valence-corrected chi connectivity index (χ0v) is 20.5. The average molecular weight is 496 g/mol. The molecule has 1 amide bonds. The van der Waals surface area contributed by atoms with Gasteiger partial charge in [0.15, 0.2) is 5.17 Å². The summed E-state index contributed by atoms with van der Waals surface area (Å²) in [6, 6.07) is 13.2. The molecule has 35 heavy (non-hydrogen) atoms. The van der Waals surface area contributed by atoms with Crippen molar-refractivity contribution in [3.05, 3.63) is 87.9 Å². The maximum Gasteiger partial charge on any atom is 0.338 e. The summed E-state index contributed by atoms with van der Waals surface area (Å²) in [4.78, 5) is 32.3. The second-order valence-corrected chi connectivity index (χ2v) is 8.77. The predicted octanol–water partition coefficient (Wildman–Crippen LogP) is 4.68. The molecule has 0 unspecified atom stereocenters. The van der Waals surface area contributed by atoms with Crippen molar-refractivity contribution in [2.45, 2.75) is 32.9 Å². The van der Waals surface area contributed by atoms with E-state index < -0.39 is 12.0 Å². The lowest BCUT2D eigenvalue weighted by Gasteiger charge is -2.36. The number of allylic oxidation sites excluding steroid dienone is 1. The molecule has 0 bridgehead atoms. The Morgan fingerprint density at radius 2 is 2.00 bits per heavy atom. The van der Waals surface area contributed by atoms with Crippen molar-refractivity contribution in [1.29, 1.82) is 0 Å². The first-order valence-corrected chi connectivity index (χ1v) is 12.1.